The number of nitrogens with zero attached hydrogens (tertiary/aromatic N) is 1. The van der Waals surface area contributed by atoms with E-state index in [-0.39, 0.29) is 5.75 Å². The molecule has 0 aliphatic rings. The third-order valence-corrected chi connectivity index (χ3v) is 3.52. The van der Waals surface area contributed by atoms with Crippen LogP contribution in [0.1, 0.15) is 11.1 Å². The normalized spacial score (nSPS) is 10.9. The van der Waals surface area contributed by atoms with E-state index in [0.717, 1.165) is 18.7 Å². The maximum atomic E-state index is 9.93. The zero-order valence-electron chi connectivity index (χ0n) is 11.3. The monoisotopic (exact) mass is 290 g/mol. The van der Waals surface area contributed by atoms with Gasteiger partial charge in [-0.15, -0.1) is 0 Å². The van der Waals surface area contributed by atoms with Crippen LogP contribution in [0.3, 0.4) is 0 Å². The highest BCUT2D eigenvalue weighted by molar-refractivity contribution is 6.31. The van der Waals surface area contributed by atoms with Gasteiger partial charge in [-0.3, -0.25) is 4.90 Å². The number of hydrogen-bond donors (Lipinski definition) is 2. The molecule has 0 aromatic heterocycles. The number of aromatic hydroxyl groups is 1. The molecule has 0 radical (unpaired) electrons. The van der Waals surface area contributed by atoms with E-state index >= 15 is 0 Å². The van der Waals surface area contributed by atoms with Crippen molar-refractivity contribution in [2.45, 2.75) is 13.1 Å². The summed E-state index contributed by atoms with van der Waals surface area (Å²) in [5.74, 6) is 0.229. The lowest BCUT2D eigenvalue weighted by molar-refractivity contribution is 0.260. The lowest BCUT2D eigenvalue weighted by Crippen LogP contribution is -2.28. The first kappa shape index (κ1) is 14.9. The molecule has 0 unspecified atom stereocenters. The molecular formula is C16H19ClN2O. The maximum Gasteiger partial charge on any atom is 0.121 e. The third kappa shape index (κ3) is 3.97. The Kier molecular flexibility index (Phi) is 5.41. The first-order valence-corrected chi connectivity index (χ1v) is 7.01. The Morgan fingerprint density at radius 1 is 1.00 bits per heavy atom. The fraction of sp³-hybridized carbons (Fsp3) is 0.250. The van der Waals surface area contributed by atoms with Crippen molar-refractivity contribution in [3.63, 3.8) is 0 Å². The first-order chi connectivity index (χ1) is 9.70. The van der Waals surface area contributed by atoms with Crippen molar-refractivity contribution < 1.29 is 5.11 Å². The van der Waals surface area contributed by atoms with Crippen LogP contribution in [0, 0.1) is 0 Å². The molecule has 0 spiro atoms. The fourth-order valence-electron chi connectivity index (χ4n) is 2.17. The van der Waals surface area contributed by atoms with E-state index in [1.807, 2.05) is 18.2 Å². The van der Waals surface area contributed by atoms with Crippen LogP contribution in [0.5, 0.6) is 5.75 Å². The zero-order chi connectivity index (χ0) is 14.4. The summed E-state index contributed by atoms with van der Waals surface area (Å²) in [4.78, 5) is 2.18. The third-order valence-electron chi connectivity index (χ3n) is 3.17. The molecular weight excluding hydrogens is 272 g/mol. The van der Waals surface area contributed by atoms with E-state index < -0.39 is 0 Å². The lowest BCUT2D eigenvalue weighted by atomic mass is 10.1. The second-order valence-electron chi connectivity index (χ2n) is 4.72. The van der Waals surface area contributed by atoms with Crippen molar-refractivity contribution in [3.8, 4) is 5.75 Å². The van der Waals surface area contributed by atoms with Gasteiger partial charge in [0.1, 0.15) is 5.75 Å². The second-order valence-corrected chi connectivity index (χ2v) is 5.13. The van der Waals surface area contributed by atoms with Crippen molar-refractivity contribution in [3.05, 3.63) is 64.7 Å². The Labute approximate surface area is 124 Å². The van der Waals surface area contributed by atoms with Crippen molar-refractivity contribution >= 4 is 11.6 Å². The second kappa shape index (κ2) is 7.29. The highest BCUT2D eigenvalue weighted by Gasteiger charge is 2.12. The van der Waals surface area contributed by atoms with Gasteiger partial charge < -0.3 is 10.8 Å². The molecule has 0 aliphatic carbocycles. The van der Waals surface area contributed by atoms with E-state index in [2.05, 4.69) is 17.0 Å². The number of phenols is 1. The van der Waals surface area contributed by atoms with Gasteiger partial charge in [0.15, 0.2) is 0 Å². The van der Waals surface area contributed by atoms with Crippen molar-refractivity contribution in [2.75, 3.05) is 13.1 Å². The average Bonchev–Trinajstić information content (AvgIpc) is 2.44. The van der Waals surface area contributed by atoms with Gasteiger partial charge in [-0.2, -0.15) is 0 Å². The number of rotatable bonds is 6. The summed E-state index contributed by atoms with van der Waals surface area (Å²) in [6, 6.07) is 15.4. The Bertz CT molecular complexity index is 525. The van der Waals surface area contributed by atoms with Crippen LogP contribution < -0.4 is 5.73 Å². The van der Waals surface area contributed by atoms with E-state index in [0.29, 0.717) is 18.1 Å². The molecule has 2 aromatic rings. The zero-order valence-corrected chi connectivity index (χ0v) is 12.1. The highest BCUT2D eigenvalue weighted by Crippen LogP contribution is 2.27. The summed E-state index contributed by atoms with van der Waals surface area (Å²) < 4.78 is 0. The molecule has 0 aliphatic heterocycles. The van der Waals surface area contributed by atoms with Gasteiger partial charge in [-0.1, -0.05) is 48.0 Å². The largest absolute Gasteiger partial charge is 0.508 e. The SMILES string of the molecule is NCCN(Cc1ccccc1)Cc1c(O)cccc1Cl. The van der Waals surface area contributed by atoms with Gasteiger partial charge >= 0.3 is 0 Å². The van der Waals surface area contributed by atoms with Crippen molar-refractivity contribution in [2.24, 2.45) is 5.73 Å². The molecule has 3 nitrogen and oxygen atoms in total. The van der Waals surface area contributed by atoms with Crippen LogP contribution in [0.2, 0.25) is 5.02 Å². The quantitative estimate of drug-likeness (QED) is 0.860. The molecule has 3 N–H and O–H groups in total. The van der Waals surface area contributed by atoms with Crippen LogP contribution >= 0.6 is 11.6 Å². The predicted octanol–water partition coefficient (Wildman–Crippen LogP) is 3.01. The molecule has 0 bridgehead atoms. The summed E-state index contributed by atoms with van der Waals surface area (Å²) in [6.45, 7) is 2.68. The van der Waals surface area contributed by atoms with Gasteiger partial charge in [0, 0.05) is 36.8 Å². The Morgan fingerprint density at radius 3 is 2.40 bits per heavy atom. The summed E-state index contributed by atoms with van der Waals surface area (Å²) in [7, 11) is 0. The Morgan fingerprint density at radius 2 is 1.75 bits per heavy atom. The highest BCUT2D eigenvalue weighted by atomic mass is 35.5. The number of halogens is 1. The predicted molar refractivity (Wildman–Crippen MR) is 82.7 cm³/mol. The fourth-order valence-corrected chi connectivity index (χ4v) is 2.39. The minimum Gasteiger partial charge on any atom is -0.508 e. The van der Waals surface area contributed by atoms with Crippen molar-refractivity contribution in [1.82, 2.24) is 4.90 Å². The topological polar surface area (TPSA) is 49.5 Å². The van der Waals surface area contributed by atoms with E-state index in [1.54, 1.807) is 18.2 Å². The van der Waals surface area contributed by atoms with Crippen LogP contribution in [-0.2, 0) is 13.1 Å². The molecule has 0 fully saturated rings. The smallest absolute Gasteiger partial charge is 0.121 e. The van der Waals surface area contributed by atoms with Crippen molar-refractivity contribution in [1.29, 1.82) is 0 Å². The van der Waals surface area contributed by atoms with Gasteiger partial charge in [0.2, 0.25) is 0 Å². The molecule has 0 amide bonds. The van der Waals surface area contributed by atoms with E-state index in [4.69, 9.17) is 17.3 Å². The van der Waals surface area contributed by atoms with Gasteiger partial charge in [-0.25, -0.2) is 0 Å². The first-order valence-electron chi connectivity index (χ1n) is 6.63. The Hall–Kier alpha value is -1.55. The molecule has 0 atom stereocenters. The summed E-state index contributed by atoms with van der Waals surface area (Å²) >= 11 is 6.16. The van der Waals surface area contributed by atoms with Crippen LogP contribution in [-0.4, -0.2) is 23.1 Å². The van der Waals surface area contributed by atoms with Crippen LogP contribution in [0.4, 0.5) is 0 Å². The minimum atomic E-state index is 0.229. The number of hydrogen-bond acceptors (Lipinski definition) is 3. The standard InChI is InChI=1S/C16H19ClN2O/c17-15-7-4-8-16(20)14(15)12-19(10-9-18)11-13-5-2-1-3-6-13/h1-8,20H,9-12,18H2. The van der Waals surface area contributed by atoms with E-state index in [1.165, 1.54) is 5.56 Å². The minimum absolute atomic E-state index is 0.229. The Balaban J connectivity index is 2.13. The van der Waals surface area contributed by atoms with E-state index in [9.17, 15) is 5.11 Å². The number of nitrogens with two attached hydrogens (primary N) is 1. The molecule has 2 aromatic carbocycles. The van der Waals surface area contributed by atoms with Gasteiger partial charge in [0.05, 0.1) is 0 Å². The van der Waals surface area contributed by atoms with Gasteiger partial charge in [0.25, 0.3) is 0 Å². The molecule has 2 rings (SSSR count). The van der Waals surface area contributed by atoms with Gasteiger partial charge in [-0.05, 0) is 17.7 Å². The molecule has 0 saturated heterocycles. The average molecular weight is 291 g/mol. The lowest BCUT2D eigenvalue weighted by Gasteiger charge is -2.22. The molecule has 0 heterocycles. The van der Waals surface area contributed by atoms with Crippen LogP contribution in [0.25, 0.3) is 0 Å². The van der Waals surface area contributed by atoms with Crippen LogP contribution in [0.15, 0.2) is 48.5 Å². The summed E-state index contributed by atoms with van der Waals surface area (Å²) in [5, 5.41) is 10.5. The molecule has 0 saturated carbocycles. The number of phenolic OH excluding ortho intramolecular Hbond substituents is 1. The molecule has 20 heavy (non-hydrogen) atoms. The molecule has 4 heteroatoms. The summed E-state index contributed by atoms with van der Waals surface area (Å²) in [5.41, 5.74) is 7.64. The maximum absolute atomic E-state index is 9.93. The summed E-state index contributed by atoms with van der Waals surface area (Å²) in [6.07, 6.45) is 0. The number of benzene rings is 2. The molecule has 106 valence electrons.